The lowest BCUT2D eigenvalue weighted by Gasteiger charge is -2.28. The molecule has 0 radical (unpaired) electrons. The predicted molar refractivity (Wildman–Crippen MR) is 90.8 cm³/mol. The molecule has 0 spiro atoms. The number of nitro benzene ring substituents is 1. The van der Waals surface area contributed by atoms with E-state index in [9.17, 15) is 19.7 Å². The fraction of sp³-hybridized carbons (Fsp3) is 0.222. The Labute approximate surface area is 144 Å². The van der Waals surface area contributed by atoms with Crippen LogP contribution in [0.4, 0.5) is 5.69 Å². The molecular weight excluding hydrogens is 324 g/mol. The zero-order valence-corrected chi connectivity index (χ0v) is 13.9. The molecule has 1 N–H and O–H groups in total. The van der Waals surface area contributed by atoms with Crippen molar-refractivity contribution >= 4 is 17.6 Å². The molecule has 0 saturated heterocycles. The Morgan fingerprint density at radius 3 is 2.24 bits per heavy atom. The van der Waals surface area contributed by atoms with Gasteiger partial charge in [0.2, 0.25) is 5.91 Å². The normalized spacial score (nSPS) is 12.7. The average Bonchev–Trinajstić information content (AvgIpc) is 2.61. The summed E-state index contributed by atoms with van der Waals surface area (Å²) in [6.07, 6.45) is -0.0165. The summed E-state index contributed by atoms with van der Waals surface area (Å²) in [6.45, 7) is 1.57. The van der Waals surface area contributed by atoms with Gasteiger partial charge in [0, 0.05) is 12.1 Å². The fourth-order valence-electron chi connectivity index (χ4n) is 2.46. The highest BCUT2D eigenvalue weighted by Gasteiger charge is 2.37. The number of esters is 1. The van der Waals surface area contributed by atoms with Crippen molar-refractivity contribution in [1.29, 1.82) is 0 Å². The number of non-ortho nitro benzene ring substituents is 1. The first-order chi connectivity index (χ1) is 11.9. The lowest BCUT2D eigenvalue weighted by atomic mass is 9.91. The highest BCUT2D eigenvalue weighted by molar-refractivity contribution is 5.89. The number of hydrogen-bond acceptors (Lipinski definition) is 5. The van der Waals surface area contributed by atoms with Crippen LogP contribution in [0.2, 0.25) is 0 Å². The van der Waals surface area contributed by atoms with Gasteiger partial charge in [-0.25, -0.2) is 4.79 Å². The van der Waals surface area contributed by atoms with Crippen LogP contribution < -0.4 is 5.32 Å². The van der Waals surface area contributed by atoms with E-state index in [0.717, 1.165) is 0 Å². The van der Waals surface area contributed by atoms with Gasteiger partial charge >= 0.3 is 5.97 Å². The van der Waals surface area contributed by atoms with Gasteiger partial charge in [0.25, 0.3) is 5.69 Å². The maximum Gasteiger partial charge on any atom is 0.336 e. The molecule has 1 atom stereocenters. The van der Waals surface area contributed by atoms with Crippen LogP contribution in [0.15, 0.2) is 54.6 Å². The lowest BCUT2D eigenvalue weighted by Crippen LogP contribution is -2.50. The zero-order valence-electron chi connectivity index (χ0n) is 13.9. The molecule has 0 bridgehead atoms. The number of amides is 1. The third-order valence-electron chi connectivity index (χ3n) is 3.85. The van der Waals surface area contributed by atoms with E-state index >= 15 is 0 Å². The molecule has 0 fully saturated rings. The SMILES string of the molecule is COC(=O)[C@@](C)(NC(=O)Cc1ccc([N+](=O)[O-])cc1)c1ccccc1. The summed E-state index contributed by atoms with van der Waals surface area (Å²) in [7, 11) is 1.26. The Hall–Kier alpha value is -3.22. The standard InChI is InChI=1S/C18H18N2O5/c1-18(17(22)25-2,14-6-4-3-5-7-14)19-16(21)12-13-8-10-15(11-9-13)20(23)24/h3-11H,12H2,1-2H3,(H,19,21)/t18-/m0/s1. The first-order valence-electron chi connectivity index (χ1n) is 7.55. The molecule has 0 saturated carbocycles. The van der Waals surface area contributed by atoms with E-state index in [0.29, 0.717) is 11.1 Å². The van der Waals surface area contributed by atoms with Crippen LogP contribution >= 0.6 is 0 Å². The van der Waals surface area contributed by atoms with E-state index in [-0.39, 0.29) is 12.1 Å². The Kier molecular flexibility index (Phi) is 5.49. The number of nitrogens with one attached hydrogen (secondary N) is 1. The van der Waals surface area contributed by atoms with Gasteiger partial charge in [0.1, 0.15) is 0 Å². The highest BCUT2D eigenvalue weighted by atomic mass is 16.6. The van der Waals surface area contributed by atoms with Crippen LogP contribution in [0.3, 0.4) is 0 Å². The second-order valence-electron chi connectivity index (χ2n) is 5.63. The second-order valence-corrected chi connectivity index (χ2v) is 5.63. The van der Waals surface area contributed by atoms with Crippen LogP contribution in [0, 0.1) is 10.1 Å². The number of benzene rings is 2. The molecule has 25 heavy (non-hydrogen) atoms. The molecule has 0 unspecified atom stereocenters. The van der Waals surface area contributed by atoms with Gasteiger partial charge in [0.05, 0.1) is 18.5 Å². The summed E-state index contributed by atoms with van der Waals surface area (Å²) in [5.41, 5.74) is -0.177. The zero-order chi connectivity index (χ0) is 18.4. The molecule has 130 valence electrons. The maximum atomic E-state index is 12.4. The van der Waals surface area contributed by atoms with Gasteiger partial charge in [-0.05, 0) is 18.1 Å². The number of carbonyl (C=O) groups is 2. The number of rotatable bonds is 6. The summed E-state index contributed by atoms with van der Waals surface area (Å²) >= 11 is 0. The minimum Gasteiger partial charge on any atom is -0.467 e. The van der Waals surface area contributed by atoms with Gasteiger partial charge in [0.15, 0.2) is 5.54 Å². The van der Waals surface area contributed by atoms with Crippen molar-refractivity contribution in [3.63, 3.8) is 0 Å². The van der Waals surface area contributed by atoms with Crippen LogP contribution in [0.5, 0.6) is 0 Å². The van der Waals surface area contributed by atoms with Gasteiger partial charge in [-0.3, -0.25) is 14.9 Å². The largest absolute Gasteiger partial charge is 0.467 e. The number of methoxy groups -OCH3 is 1. The van der Waals surface area contributed by atoms with Gasteiger partial charge in [-0.2, -0.15) is 0 Å². The molecule has 2 aromatic rings. The Morgan fingerprint density at radius 2 is 1.72 bits per heavy atom. The van der Waals surface area contributed by atoms with Gasteiger partial charge < -0.3 is 10.1 Å². The molecule has 1 amide bonds. The van der Waals surface area contributed by atoms with E-state index < -0.39 is 22.3 Å². The molecule has 2 rings (SSSR count). The van der Waals surface area contributed by atoms with Crippen LogP contribution in [0.1, 0.15) is 18.1 Å². The number of nitrogens with zero attached hydrogens (tertiary/aromatic N) is 1. The van der Waals surface area contributed by atoms with Crippen molar-refractivity contribution in [1.82, 2.24) is 5.32 Å². The number of ether oxygens (including phenoxy) is 1. The number of carbonyl (C=O) groups excluding carboxylic acids is 2. The Morgan fingerprint density at radius 1 is 1.12 bits per heavy atom. The van der Waals surface area contributed by atoms with Crippen LogP contribution in [-0.2, 0) is 26.3 Å². The third kappa shape index (κ3) is 4.20. The monoisotopic (exact) mass is 342 g/mol. The van der Waals surface area contributed by atoms with Gasteiger partial charge in [-0.1, -0.05) is 42.5 Å². The summed E-state index contributed by atoms with van der Waals surface area (Å²) in [5, 5.41) is 13.4. The van der Waals surface area contributed by atoms with Crippen molar-refractivity contribution in [2.24, 2.45) is 0 Å². The van der Waals surface area contributed by atoms with E-state index in [1.165, 1.54) is 31.4 Å². The first kappa shape index (κ1) is 18.1. The predicted octanol–water partition coefficient (Wildman–Crippen LogP) is 2.34. The summed E-state index contributed by atoms with van der Waals surface area (Å²) < 4.78 is 4.83. The molecule has 0 aliphatic carbocycles. The highest BCUT2D eigenvalue weighted by Crippen LogP contribution is 2.22. The third-order valence-corrected chi connectivity index (χ3v) is 3.85. The lowest BCUT2D eigenvalue weighted by molar-refractivity contribution is -0.384. The summed E-state index contributed by atoms with van der Waals surface area (Å²) in [4.78, 5) is 34.8. The Bertz CT molecular complexity index is 774. The van der Waals surface area contributed by atoms with Crippen LogP contribution in [0.25, 0.3) is 0 Å². The molecule has 0 aliphatic heterocycles. The molecular formula is C18H18N2O5. The van der Waals surface area contributed by atoms with Gasteiger partial charge in [-0.15, -0.1) is 0 Å². The summed E-state index contributed by atoms with van der Waals surface area (Å²) in [6, 6.07) is 14.5. The van der Waals surface area contributed by atoms with Crippen molar-refractivity contribution in [3.8, 4) is 0 Å². The minimum atomic E-state index is -1.33. The van der Waals surface area contributed by atoms with Crippen LogP contribution in [-0.4, -0.2) is 23.9 Å². The number of hydrogen-bond donors (Lipinski definition) is 1. The second kappa shape index (κ2) is 7.57. The molecule has 0 aliphatic rings. The quantitative estimate of drug-likeness (QED) is 0.493. The fourth-order valence-corrected chi connectivity index (χ4v) is 2.46. The average molecular weight is 342 g/mol. The molecule has 7 heteroatoms. The minimum absolute atomic E-state index is 0.0165. The van der Waals surface area contributed by atoms with Crippen molar-refractivity contribution in [3.05, 3.63) is 75.8 Å². The maximum absolute atomic E-state index is 12.4. The topological polar surface area (TPSA) is 98.5 Å². The molecule has 7 nitrogen and oxygen atoms in total. The van der Waals surface area contributed by atoms with Crippen molar-refractivity contribution in [2.75, 3.05) is 7.11 Å². The van der Waals surface area contributed by atoms with Crippen molar-refractivity contribution < 1.29 is 19.2 Å². The van der Waals surface area contributed by atoms with E-state index in [2.05, 4.69) is 5.32 Å². The van der Waals surface area contributed by atoms with Crippen molar-refractivity contribution in [2.45, 2.75) is 18.9 Å². The Balaban J connectivity index is 2.17. The molecule has 0 heterocycles. The first-order valence-corrected chi connectivity index (χ1v) is 7.55. The summed E-state index contributed by atoms with van der Waals surface area (Å²) in [5.74, 6) is -0.985. The van der Waals surface area contributed by atoms with E-state index in [1.807, 2.05) is 0 Å². The molecule has 0 aromatic heterocycles. The smallest absolute Gasteiger partial charge is 0.336 e. The molecule has 2 aromatic carbocycles. The van der Waals surface area contributed by atoms with E-state index in [1.54, 1.807) is 37.3 Å². The number of nitro groups is 1. The van der Waals surface area contributed by atoms with E-state index in [4.69, 9.17) is 4.74 Å².